The average Bonchev–Trinajstić information content (AvgIpc) is 2.97. The van der Waals surface area contributed by atoms with Crippen molar-refractivity contribution in [1.82, 2.24) is 20.0 Å². The molecule has 5 nitrogen and oxygen atoms in total. The summed E-state index contributed by atoms with van der Waals surface area (Å²) < 4.78 is 1.83. The lowest BCUT2D eigenvalue weighted by Gasteiger charge is -2.16. The van der Waals surface area contributed by atoms with Crippen LogP contribution in [0.4, 0.5) is 0 Å². The minimum Gasteiger partial charge on any atom is -0.341 e. The van der Waals surface area contributed by atoms with E-state index in [2.05, 4.69) is 10.4 Å². The van der Waals surface area contributed by atoms with Gasteiger partial charge >= 0.3 is 0 Å². The van der Waals surface area contributed by atoms with Crippen LogP contribution in [-0.2, 0) is 11.3 Å². The number of rotatable bonds is 7. The minimum atomic E-state index is 0.165. The fourth-order valence-electron chi connectivity index (χ4n) is 2.13. The third kappa shape index (κ3) is 4.43. The highest BCUT2D eigenvalue weighted by Gasteiger charge is 2.10. The number of hydrogen-bond donors (Lipinski definition) is 1. The van der Waals surface area contributed by atoms with Gasteiger partial charge in [-0.05, 0) is 32.1 Å². The van der Waals surface area contributed by atoms with E-state index in [1.807, 2.05) is 61.5 Å². The molecule has 21 heavy (non-hydrogen) atoms. The molecule has 112 valence electrons. The highest BCUT2D eigenvalue weighted by atomic mass is 16.2. The van der Waals surface area contributed by atoms with Crippen LogP contribution in [0.15, 0.2) is 42.7 Å². The maximum atomic E-state index is 12.0. The molecule has 1 N–H and O–H groups in total. The molecule has 0 saturated carbocycles. The Morgan fingerprint density at radius 2 is 2.10 bits per heavy atom. The Bertz CT molecular complexity index is 565. The number of carbonyl (C=O) groups is 1. The molecule has 1 aromatic carbocycles. The van der Waals surface area contributed by atoms with Gasteiger partial charge in [0.05, 0.1) is 11.9 Å². The third-order valence-corrected chi connectivity index (χ3v) is 3.32. The van der Waals surface area contributed by atoms with Gasteiger partial charge in [-0.1, -0.05) is 18.2 Å². The molecule has 0 aliphatic heterocycles. The van der Waals surface area contributed by atoms with E-state index >= 15 is 0 Å². The fourth-order valence-corrected chi connectivity index (χ4v) is 2.13. The molecule has 2 rings (SSSR count). The van der Waals surface area contributed by atoms with Crippen molar-refractivity contribution >= 4 is 5.91 Å². The number of benzene rings is 1. The highest BCUT2D eigenvalue weighted by molar-refractivity contribution is 5.75. The summed E-state index contributed by atoms with van der Waals surface area (Å²) in [6.07, 6.45) is 5.21. The van der Waals surface area contributed by atoms with Gasteiger partial charge in [0.1, 0.15) is 0 Å². The van der Waals surface area contributed by atoms with Crippen LogP contribution in [0.3, 0.4) is 0 Å². The van der Waals surface area contributed by atoms with Gasteiger partial charge < -0.3 is 10.2 Å². The molecular weight excluding hydrogens is 264 g/mol. The second-order valence-electron chi connectivity index (χ2n) is 5.09. The van der Waals surface area contributed by atoms with Crippen LogP contribution in [-0.4, -0.2) is 41.2 Å². The summed E-state index contributed by atoms with van der Waals surface area (Å²) in [5.41, 5.74) is 2.05. The fraction of sp³-hybridized carbons (Fsp3) is 0.375. The van der Waals surface area contributed by atoms with E-state index in [9.17, 15) is 4.79 Å². The Balaban J connectivity index is 1.91. The van der Waals surface area contributed by atoms with Crippen LogP contribution in [0.2, 0.25) is 0 Å². The number of hydrogen-bond acceptors (Lipinski definition) is 3. The van der Waals surface area contributed by atoms with Gasteiger partial charge in [0.15, 0.2) is 0 Å². The summed E-state index contributed by atoms with van der Waals surface area (Å²) in [7, 11) is 3.73. The third-order valence-electron chi connectivity index (χ3n) is 3.32. The first-order valence-corrected chi connectivity index (χ1v) is 7.18. The lowest BCUT2D eigenvalue weighted by atomic mass is 10.2. The number of para-hydroxylation sites is 1. The maximum absolute atomic E-state index is 12.0. The second-order valence-corrected chi connectivity index (χ2v) is 5.09. The Hall–Kier alpha value is -2.14. The molecule has 0 fully saturated rings. The first kappa shape index (κ1) is 15.3. The van der Waals surface area contributed by atoms with Crippen molar-refractivity contribution < 1.29 is 4.79 Å². The van der Waals surface area contributed by atoms with E-state index in [-0.39, 0.29) is 5.91 Å². The lowest BCUT2D eigenvalue weighted by molar-refractivity contribution is -0.130. The number of aromatic nitrogens is 2. The SMILES string of the molecule is CNCCCC(=O)N(C)Cc1cnn(-c2ccccc2)c1. The van der Waals surface area contributed by atoms with E-state index < -0.39 is 0 Å². The Labute approximate surface area is 125 Å². The number of amides is 1. The quantitative estimate of drug-likeness (QED) is 0.790. The molecule has 5 heteroatoms. The monoisotopic (exact) mass is 286 g/mol. The van der Waals surface area contributed by atoms with Crippen molar-refractivity contribution in [1.29, 1.82) is 0 Å². The van der Waals surface area contributed by atoms with Crippen LogP contribution >= 0.6 is 0 Å². The minimum absolute atomic E-state index is 0.165. The van der Waals surface area contributed by atoms with E-state index in [1.165, 1.54) is 0 Å². The summed E-state index contributed by atoms with van der Waals surface area (Å²) in [6.45, 7) is 1.46. The molecule has 0 atom stereocenters. The summed E-state index contributed by atoms with van der Waals surface area (Å²) in [5, 5.41) is 7.39. The first-order valence-electron chi connectivity index (χ1n) is 7.18. The van der Waals surface area contributed by atoms with Crippen molar-refractivity contribution in [2.45, 2.75) is 19.4 Å². The van der Waals surface area contributed by atoms with Gasteiger partial charge in [0.2, 0.25) is 5.91 Å². The van der Waals surface area contributed by atoms with Gasteiger partial charge in [-0.25, -0.2) is 4.68 Å². The molecule has 0 aliphatic carbocycles. The second kappa shape index (κ2) is 7.59. The summed E-state index contributed by atoms with van der Waals surface area (Å²) >= 11 is 0. The molecule has 1 aromatic heterocycles. The van der Waals surface area contributed by atoms with Crippen molar-refractivity contribution in [3.05, 3.63) is 48.3 Å². The lowest BCUT2D eigenvalue weighted by Crippen LogP contribution is -2.26. The van der Waals surface area contributed by atoms with Crippen LogP contribution in [0, 0.1) is 0 Å². The maximum Gasteiger partial charge on any atom is 0.222 e. The molecule has 2 aromatic rings. The largest absolute Gasteiger partial charge is 0.341 e. The zero-order valence-corrected chi connectivity index (χ0v) is 12.6. The van der Waals surface area contributed by atoms with Crippen LogP contribution < -0.4 is 5.32 Å². The van der Waals surface area contributed by atoms with Gasteiger partial charge in [0.25, 0.3) is 0 Å². The van der Waals surface area contributed by atoms with Crippen molar-refractivity contribution in [2.75, 3.05) is 20.6 Å². The topological polar surface area (TPSA) is 50.2 Å². The number of carbonyl (C=O) groups excluding carboxylic acids is 1. The highest BCUT2D eigenvalue weighted by Crippen LogP contribution is 2.09. The molecule has 0 spiro atoms. The predicted octanol–water partition coefficient (Wildman–Crippen LogP) is 1.83. The van der Waals surface area contributed by atoms with Crippen LogP contribution in [0.25, 0.3) is 5.69 Å². The van der Waals surface area contributed by atoms with Crippen molar-refractivity contribution in [3.8, 4) is 5.69 Å². The molecule has 0 unspecified atom stereocenters. The van der Waals surface area contributed by atoms with Crippen LogP contribution in [0.5, 0.6) is 0 Å². The Kier molecular flexibility index (Phi) is 5.51. The standard InChI is InChI=1S/C16H22N4O/c1-17-10-6-9-16(21)19(2)12-14-11-18-20(13-14)15-7-4-3-5-8-15/h3-5,7-8,11,13,17H,6,9-10,12H2,1-2H3. The Morgan fingerprint density at radius 3 is 2.81 bits per heavy atom. The van der Waals surface area contributed by atoms with E-state index in [0.717, 1.165) is 24.2 Å². The zero-order chi connectivity index (χ0) is 15.1. The smallest absolute Gasteiger partial charge is 0.222 e. The first-order chi connectivity index (χ1) is 10.2. The van der Waals surface area contributed by atoms with E-state index in [4.69, 9.17) is 0 Å². The average molecular weight is 286 g/mol. The molecule has 0 bridgehead atoms. The van der Waals surface area contributed by atoms with Gasteiger partial charge in [-0.15, -0.1) is 0 Å². The number of nitrogens with zero attached hydrogens (tertiary/aromatic N) is 3. The zero-order valence-electron chi connectivity index (χ0n) is 12.6. The van der Waals surface area contributed by atoms with Crippen LogP contribution in [0.1, 0.15) is 18.4 Å². The number of nitrogens with one attached hydrogen (secondary N) is 1. The molecular formula is C16H22N4O. The molecule has 0 aliphatic rings. The molecule has 1 amide bonds. The normalized spacial score (nSPS) is 10.6. The van der Waals surface area contributed by atoms with E-state index in [0.29, 0.717) is 13.0 Å². The summed E-state index contributed by atoms with van der Waals surface area (Å²) in [5.74, 6) is 0.165. The van der Waals surface area contributed by atoms with Gasteiger partial charge in [-0.2, -0.15) is 5.10 Å². The molecule has 1 heterocycles. The van der Waals surface area contributed by atoms with Gasteiger partial charge in [-0.3, -0.25) is 4.79 Å². The summed E-state index contributed by atoms with van der Waals surface area (Å²) in [6, 6.07) is 9.94. The van der Waals surface area contributed by atoms with Gasteiger partial charge in [0, 0.05) is 31.8 Å². The predicted molar refractivity (Wildman–Crippen MR) is 83.2 cm³/mol. The van der Waals surface area contributed by atoms with Crippen molar-refractivity contribution in [3.63, 3.8) is 0 Å². The molecule has 0 radical (unpaired) electrons. The summed E-state index contributed by atoms with van der Waals surface area (Å²) in [4.78, 5) is 13.7. The van der Waals surface area contributed by atoms with Crippen molar-refractivity contribution in [2.24, 2.45) is 0 Å². The van der Waals surface area contributed by atoms with E-state index in [1.54, 1.807) is 4.90 Å². The Morgan fingerprint density at radius 1 is 1.33 bits per heavy atom. The molecule has 0 saturated heterocycles.